The molecule has 2 aromatic carbocycles. The van der Waals surface area contributed by atoms with Crippen molar-refractivity contribution in [2.45, 2.75) is 39.8 Å². The van der Waals surface area contributed by atoms with Gasteiger partial charge >= 0.3 is 178 Å². The molecule has 0 unspecified atom stereocenters. The maximum atomic E-state index is 12.0. The predicted molar refractivity (Wildman–Crippen MR) is 118 cm³/mol. The van der Waals surface area contributed by atoms with Crippen LogP contribution in [0.4, 0.5) is 21.0 Å². The molecule has 0 atom stereocenters. The van der Waals surface area contributed by atoms with Gasteiger partial charge in [-0.05, 0) is 0 Å². The summed E-state index contributed by atoms with van der Waals surface area (Å²) in [6.45, 7) is 7.71. The van der Waals surface area contributed by atoms with Gasteiger partial charge in [-0.25, -0.2) is 0 Å². The Morgan fingerprint density at radius 3 is 1.39 bits per heavy atom. The van der Waals surface area contributed by atoms with Crippen LogP contribution in [0.1, 0.15) is 27.7 Å². The van der Waals surface area contributed by atoms with Crippen LogP contribution in [0.15, 0.2) is 48.5 Å². The number of hydrogen-bond acceptors (Lipinski definition) is 2. The van der Waals surface area contributed by atoms with E-state index in [0.29, 0.717) is 0 Å². The molecule has 0 radical (unpaired) electrons. The molecule has 28 heavy (non-hydrogen) atoms. The number of amides is 4. The number of carbonyl (C=O) groups is 2. The Morgan fingerprint density at radius 1 is 0.679 bits per heavy atom. The molecule has 2 aromatic rings. The average molecular weight is 512 g/mol. The zero-order chi connectivity index (χ0) is 20.5. The van der Waals surface area contributed by atoms with Gasteiger partial charge in [-0.1, -0.05) is 0 Å². The third-order valence-corrected chi connectivity index (χ3v) is 10.6. The van der Waals surface area contributed by atoms with Gasteiger partial charge in [-0.2, -0.15) is 0 Å². The quantitative estimate of drug-likeness (QED) is 0.429. The standard InChI is InChI=1S/C20H26N4O2Se2/c1-13(2)21-19(25)23-15-9-5-7-11-17(15)27-28-18-12-8-6-10-16(18)24-20(26)22-14(3)4/h5-14H,1-4H3,(H2,21,23,25)(H2,22,24,26). The Bertz CT molecular complexity index is 745. The maximum absolute atomic E-state index is 12.0. The molecule has 0 heterocycles. The third kappa shape index (κ3) is 7.56. The molecule has 6 nitrogen and oxygen atoms in total. The molecule has 150 valence electrons. The molecular weight excluding hydrogens is 486 g/mol. The van der Waals surface area contributed by atoms with Crippen LogP contribution in [0.25, 0.3) is 0 Å². The molecular formula is C20H26N4O2Se2. The van der Waals surface area contributed by atoms with E-state index >= 15 is 0 Å². The normalized spacial score (nSPS) is 10.6. The minimum atomic E-state index is -0.196. The van der Waals surface area contributed by atoms with E-state index < -0.39 is 0 Å². The van der Waals surface area contributed by atoms with Crippen LogP contribution in [-0.4, -0.2) is 50.4 Å². The summed E-state index contributed by atoms with van der Waals surface area (Å²) in [7, 11) is 0. The van der Waals surface area contributed by atoms with E-state index in [0.717, 1.165) is 20.3 Å². The van der Waals surface area contributed by atoms with Gasteiger partial charge in [0.1, 0.15) is 0 Å². The average Bonchev–Trinajstić information content (AvgIpc) is 2.60. The van der Waals surface area contributed by atoms with Gasteiger partial charge in [-0.15, -0.1) is 0 Å². The van der Waals surface area contributed by atoms with E-state index in [1.165, 1.54) is 0 Å². The molecule has 0 saturated heterocycles. The number of urea groups is 2. The van der Waals surface area contributed by atoms with Crippen LogP contribution < -0.4 is 30.2 Å². The van der Waals surface area contributed by atoms with Crippen LogP contribution in [0.3, 0.4) is 0 Å². The van der Waals surface area contributed by atoms with Crippen LogP contribution in [0, 0.1) is 0 Å². The van der Waals surface area contributed by atoms with Crippen molar-refractivity contribution in [3.8, 4) is 0 Å². The minimum absolute atomic E-state index is 0.0804. The molecule has 0 saturated carbocycles. The Labute approximate surface area is 177 Å². The first kappa shape index (κ1) is 22.3. The SMILES string of the molecule is CC(C)NC(=O)Nc1ccccc1[Se][Se]c1ccccc1NC(=O)NC(C)C. The Morgan fingerprint density at radius 2 is 1.04 bits per heavy atom. The molecule has 2 rings (SSSR count). The van der Waals surface area contributed by atoms with Gasteiger partial charge in [-0.3, -0.25) is 0 Å². The topological polar surface area (TPSA) is 82.3 Å². The number of benzene rings is 2. The summed E-state index contributed by atoms with van der Waals surface area (Å²) < 4.78 is 2.27. The number of hydrogen-bond donors (Lipinski definition) is 4. The Kier molecular flexibility index (Phi) is 8.86. The molecule has 0 fully saturated rings. The number of anilines is 2. The summed E-state index contributed by atoms with van der Waals surface area (Å²) >= 11 is 0.308. The number of nitrogens with one attached hydrogen (secondary N) is 4. The van der Waals surface area contributed by atoms with Gasteiger partial charge in [0.25, 0.3) is 0 Å². The van der Waals surface area contributed by atoms with Crippen molar-refractivity contribution in [1.82, 2.24) is 10.6 Å². The zero-order valence-corrected chi connectivity index (χ0v) is 19.8. The van der Waals surface area contributed by atoms with Gasteiger partial charge in [0.15, 0.2) is 0 Å². The fraction of sp³-hybridized carbons (Fsp3) is 0.300. The van der Waals surface area contributed by atoms with Gasteiger partial charge in [0, 0.05) is 0 Å². The fourth-order valence-electron chi connectivity index (χ4n) is 2.22. The predicted octanol–water partition coefficient (Wildman–Crippen LogP) is 2.02. The molecule has 8 heteroatoms. The number of rotatable bonds is 7. The molecule has 0 aliphatic carbocycles. The summed E-state index contributed by atoms with van der Waals surface area (Å²) in [5.41, 5.74) is 1.68. The van der Waals surface area contributed by atoms with Crippen molar-refractivity contribution < 1.29 is 9.59 Å². The Hall–Kier alpha value is -1.98. The van der Waals surface area contributed by atoms with Crippen LogP contribution in [0.5, 0.6) is 0 Å². The van der Waals surface area contributed by atoms with Crippen molar-refractivity contribution >= 4 is 58.6 Å². The van der Waals surface area contributed by atoms with Crippen LogP contribution in [-0.2, 0) is 0 Å². The van der Waals surface area contributed by atoms with Crippen molar-refractivity contribution in [3.05, 3.63) is 48.5 Å². The van der Waals surface area contributed by atoms with Gasteiger partial charge in [0.05, 0.1) is 0 Å². The van der Waals surface area contributed by atoms with Crippen LogP contribution in [0.2, 0.25) is 0 Å². The van der Waals surface area contributed by atoms with Crippen LogP contribution >= 0.6 is 0 Å². The first-order valence-corrected chi connectivity index (χ1v) is 15.1. The molecule has 0 spiro atoms. The van der Waals surface area contributed by atoms with E-state index in [2.05, 4.69) is 21.3 Å². The monoisotopic (exact) mass is 514 g/mol. The second kappa shape index (κ2) is 11.1. The van der Waals surface area contributed by atoms with E-state index in [9.17, 15) is 9.59 Å². The molecule has 0 aromatic heterocycles. The van der Waals surface area contributed by atoms with Crippen molar-refractivity contribution in [2.75, 3.05) is 10.6 Å². The molecule has 0 bridgehead atoms. The summed E-state index contributed by atoms with van der Waals surface area (Å²) in [6.07, 6.45) is 0. The summed E-state index contributed by atoms with van der Waals surface area (Å²) in [4.78, 5) is 24.1. The molecule has 0 aliphatic rings. The summed E-state index contributed by atoms with van der Waals surface area (Å²) in [5, 5.41) is 11.6. The van der Waals surface area contributed by atoms with E-state index in [-0.39, 0.29) is 50.4 Å². The molecule has 0 aliphatic heterocycles. The first-order valence-electron chi connectivity index (χ1n) is 9.02. The van der Waals surface area contributed by atoms with Crippen molar-refractivity contribution in [3.63, 3.8) is 0 Å². The van der Waals surface area contributed by atoms with E-state index in [1.54, 1.807) is 0 Å². The zero-order valence-electron chi connectivity index (χ0n) is 16.4. The molecule has 4 amide bonds. The first-order chi connectivity index (χ1) is 13.3. The van der Waals surface area contributed by atoms with Gasteiger partial charge in [0.2, 0.25) is 0 Å². The van der Waals surface area contributed by atoms with Crippen molar-refractivity contribution in [2.24, 2.45) is 0 Å². The van der Waals surface area contributed by atoms with E-state index in [4.69, 9.17) is 0 Å². The number of carbonyl (C=O) groups excluding carboxylic acids is 2. The number of para-hydroxylation sites is 2. The Balaban J connectivity index is 2.07. The second-order valence-electron chi connectivity index (χ2n) is 6.67. The third-order valence-electron chi connectivity index (χ3n) is 3.33. The summed E-state index contributed by atoms with van der Waals surface area (Å²) in [6, 6.07) is 15.5. The van der Waals surface area contributed by atoms with Gasteiger partial charge < -0.3 is 0 Å². The van der Waals surface area contributed by atoms with E-state index in [1.807, 2.05) is 76.2 Å². The second-order valence-corrected chi connectivity index (χ2v) is 12.8. The molecule has 4 N–H and O–H groups in total. The fourth-order valence-corrected chi connectivity index (χ4v) is 9.16. The summed E-state index contributed by atoms with van der Waals surface area (Å²) in [5.74, 6) is 0. The van der Waals surface area contributed by atoms with Crippen molar-refractivity contribution in [1.29, 1.82) is 0 Å².